The van der Waals surface area contributed by atoms with Gasteiger partial charge in [-0.1, -0.05) is 28.1 Å². The molecule has 2 rings (SSSR count). The van der Waals surface area contributed by atoms with Crippen LogP contribution in [0.1, 0.15) is 5.56 Å². The monoisotopic (exact) mass is 354 g/mol. The average Bonchev–Trinajstić information content (AvgIpc) is 2.32. The van der Waals surface area contributed by atoms with Gasteiger partial charge in [0.05, 0.1) is 0 Å². The minimum Gasteiger partial charge on any atom is -0.366 e. The third kappa shape index (κ3) is 2.38. The molecule has 0 radical (unpaired) electrons. The van der Waals surface area contributed by atoms with Crippen LogP contribution < -0.4 is 5.32 Å². The van der Waals surface area contributed by atoms with Crippen molar-refractivity contribution in [3.8, 4) is 0 Å². The highest BCUT2D eigenvalue weighted by Gasteiger charge is 2.10. The molecule has 17 heavy (non-hydrogen) atoms. The number of anilines is 1. The number of halogens is 2. The molecule has 0 saturated heterocycles. The minimum atomic E-state index is 0.704. The van der Waals surface area contributed by atoms with Crippen LogP contribution in [0.2, 0.25) is 0 Å². The van der Waals surface area contributed by atoms with Crippen molar-refractivity contribution in [1.29, 1.82) is 0 Å². The molecule has 4 heteroatoms. The SMILES string of the molecule is C=CCNc1ncc(Br)c2c(Br)ccc(C)c12. The number of aryl methyl sites for hydroxylation is 1. The fourth-order valence-electron chi connectivity index (χ4n) is 1.77. The van der Waals surface area contributed by atoms with E-state index in [4.69, 9.17) is 0 Å². The van der Waals surface area contributed by atoms with Gasteiger partial charge in [-0.15, -0.1) is 6.58 Å². The molecule has 0 fully saturated rings. The van der Waals surface area contributed by atoms with E-state index in [1.807, 2.05) is 12.3 Å². The molecule has 0 atom stereocenters. The molecule has 2 aromatic rings. The van der Waals surface area contributed by atoms with Gasteiger partial charge in [-0.25, -0.2) is 4.98 Å². The highest BCUT2D eigenvalue weighted by molar-refractivity contribution is 9.11. The van der Waals surface area contributed by atoms with Crippen LogP contribution in [0.15, 0.2) is 39.9 Å². The van der Waals surface area contributed by atoms with Gasteiger partial charge in [0.2, 0.25) is 0 Å². The van der Waals surface area contributed by atoms with E-state index in [1.165, 1.54) is 5.56 Å². The summed E-state index contributed by atoms with van der Waals surface area (Å²) in [6.07, 6.45) is 3.64. The summed E-state index contributed by atoms with van der Waals surface area (Å²) in [6.45, 7) is 6.49. The smallest absolute Gasteiger partial charge is 0.134 e. The van der Waals surface area contributed by atoms with Gasteiger partial charge in [0, 0.05) is 32.5 Å². The van der Waals surface area contributed by atoms with Gasteiger partial charge in [-0.3, -0.25) is 0 Å². The van der Waals surface area contributed by atoms with Gasteiger partial charge in [-0.2, -0.15) is 0 Å². The summed E-state index contributed by atoms with van der Waals surface area (Å²) in [5.41, 5.74) is 1.20. The minimum absolute atomic E-state index is 0.704. The zero-order chi connectivity index (χ0) is 12.4. The maximum atomic E-state index is 4.42. The number of pyridine rings is 1. The lowest BCUT2D eigenvalue weighted by atomic mass is 10.1. The molecule has 0 aliphatic carbocycles. The van der Waals surface area contributed by atoms with Crippen LogP contribution in [0.3, 0.4) is 0 Å². The molecule has 0 amide bonds. The van der Waals surface area contributed by atoms with Crippen molar-refractivity contribution < 1.29 is 0 Å². The number of nitrogens with zero attached hydrogens (tertiary/aromatic N) is 1. The maximum absolute atomic E-state index is 4.42. The fraction of sp³-hybridized carbons (Fsp3) is 0.154. The van der Waals surface area contributed by atoms with Crippen molar-refractivity contribution >= 4 is 48.5 Å². The summed E-state index contributed by atoms with van der Waals surface area (Å²) in [5.74, 6) is 0.891. The number of benzene rings is 1. The first-order chi connectivity index (χ1) is 8.15. The molecule has 1 heterocycles. The second-order valence-electron chi connectivity index (χ2n) is 3.74. The summed E-state index contributed by atoms with van der Waals surface area (Å²) in [4.78, 5) is 4.42. The number of aromatic nitrogens is 1. The average molecular weight is 356 g/mol. The lowest BCUT2D eigenvalue weighted by Crippen LogP contribution is -2.02. The predicted octanol–water partition coefficient (Wildman–Crippen LogP) is 4.67. The van der Waals surface area contributed by atoms with E-state index in [0.29, 0.717) is 6.54 Å². The first-order valence-corrected chi connectivity index (χ1v) is 6.82. The van der Waals surface area contributed by atoms with Gasteiger partial charge in [-0.05, 0) is 34.5 Å². The summed E-state index contributed by atoms with van der Waals surface area (Å²) in [6, 6.07) is 4.14. The third-order valence-corrected chi connectivity index (χ3v) is 3.82. The second kappa shape index (κ2) is 5.19. The molecule has 1 aromatic carbocycles. The third-order valence-electron chi connectivity index (χ3n) is 2.56. The molecule has 1 aromatic heterocycles. The molecular weight excluding hydrogens is 344 g/mol. The van der Waals surface area contributed by atoms with Gasteiger partial charge >= 0.3 is 0 Å². The molecule has 0 aliphatic heterocycles. The molecule has 0 bridgehead atoms. The van der Waals surface area contributed by atoms with Crippen LogP contribution in [0.4, 0.5) is 5.82 Å². The van der Waals surface area contributed by atoms with Crippen molar-refractivity contribution in [3.63, 3.8) is 0 Å². The van der Waals surface area contributed by atoms with Crippen molar-refractivity contribution in [1.82, 2.24) is 4.98 Å². The lowest BCUT2D eigenvalue weighted by molar-refractivity contribution is 1.24. The summed E-state index contributed by atoms with van der Waals surface area (Å²) >= 11 is 7.12. The molecule has 0 saturated carbocycles. The maximum Gasteiger partial charge on any atom is 0.134 e. The molecule has 1 N–H and O–H groups in total. The largest absolute Gasteiger partial charge is 0.366 e. The Morgan fingerprint density at radius 2 is 2.06 bits per heavy atom. The highest BCUT2D eigenvalue weighted by atomic mass is 79.9. The Morgan fingerprint density at radius 3 is 2.76 bits per heavy atom. The van der Waals surface area contributed by atoms with Crippen LogP contribution in [-0.4, -0.2) is 11.5 Å². The zero-order valence-electron chi connectivity index (χ0n) is 9.43. The standard InChI is InChI=1S/C13H12Br2N2/c1-3-6-16-13-11-8(2)4-5-9(14)12(11)10(15)7-17-13/h3-5,7H,1,6H2,2H3,(H,16,17). The zero-order valence-corrected chi connectivity index (χ0v) is 12.6. The Labute approximate surface area is 117 Å². The van der Waals surface area contributed by atoms with E-state index >= 15 is 0 Å². The van der Waals surface area contributed by atoms with Gasteiger partial charge in [0.1, 0.15) is 5.82 Å². The molecule has 0 spiro atoms. The van der Waals surface area contributed by atoms with Crippen LogP contribution in [-0.2, 0) is 0 Å². The Hall–Kier alpha value is -0.870. The van der Waals surface area contributed by atoms with Gasteiger partial charge < -0.3 is 5.32 Å². The quantitative estimate of drug-likeness (QED) is 0.809. The number of nitrogens with one attached hydrogen (secondary N) is 1. The van der Waals surface area contributed by atoms with Crippen LogP contribution in [0.5, 0.6) is 0 Å². The normalized spacial score (nSPS) is 10.5. The fourth-order valence-corrected chi connectivity index (χ4v) is 3.10. The van der Waals surface area contributed by atoms with Crippen molar-refractivity contribution in [3.05, 3.63) is 45.5 Å². The van der Waals surface area contributed by atoms with E-state index in [9.17, 15) is 0 Å². The van der Waals surface area contributed by atoms with E-state index in [-0.39, 0.29) is 0 Å². The van der Waals surface area contributed by atoms with Crippen molar-refractivity contribution in [2.45, 2.75) is 6.92 Å². The Kier molecular flexibility index (Phi) is 3.84. The van der Waals surface area contributed by atoms with E-state index in [0.717, 1.165) is 25.5 Å². The number of hydrogen-bond donors (Lipinski definition) is 1. The molecule has 88 valence electrons. The Balaban J connectivity index is 2.74. The summed E-state index contributed by atoms with van der Waals surface area (Å²) < 4.78 is 2.06. The summed E-state index contributed by atoms with van der Waals surface area (Å²) in [5, 5.41) is 5.54. The Bertz CT molecular complexity index is 571. The second-order valence-corrected chi connectivity index (χ2v) is 5.45. The van der Waals surface area contributed by atoms with Gasteiger partial charge in [0.25, 0.3) is 0 Å². The van der Waals surface area contributed by atoms with Crippen LogP contribution >= 0.6 is 31.9 Å². The molecule has 0 unspecified atom stereocenters. The highest BCUT2D eigenvalue weighted by Crippen LogP contribution is 2.35. The lowest BCUT2D eigenvalue weighted by Gasteiger charge is -2.12. The van der Waals surface area contributed by atoms with Crippen molar-refractivity contribution in [2.24, 2.45) is 0 Å². The first kappa shape index (κ1) is 12.6. The number of hydrogen-bond acceptors (Lipinski definition) is 2. The van der Waals surface area contributed by atoms with Crippen LogP contribution in [0.25, 0.3) is 10.8 Å². The first-order valence-electron chi connectivity index (χ1n) is 5.23. The number of rotatable bonds is 3. The summed E-state index contributed by atoms with van der Waals surface area (Å²) in [7, 11) is 0. The van der Waals surface area contributed by atoms with Crippen molar-refractivity contribution in [2.75, 3.05) is 11.9 Å². The molecule has 2 nitrogen and oxygen atoms in total. The van der Waals surface area contributed by atoms with Gasteiger partial charge in [0.15, 0.2) is 0 Å². The van der Waals surface area contributed by atoms with E-state index in [2.05, 4.69) is 67.8 Å². The Morgan fingerprint density at radius 1 is 1.29 bits per heavy atom. The van der Waals surface area contributed by atoms with Crippen LogP contribution in [0, 0.1) is 6.92 Å². The topological polar surface area (TPSA) is 24.9 Å². The molecular formula is C13H12Br2N2. The number of fused-ring (bicyclic) bond motifs is 1. The molecule has 0 aliphatic rings. The predicted molar refractivity (Wildman–Crippen MR) is 80.6 cm³/mol. The van der Waals surface area contributed by atoms with E-state index in [1.54, 1.807) is 0 Å². The van der Waals surface area contributed by atoms with E-state index < -0.39 is 0 Å².